The van der Waals surface area contributed by atoms with Crippen LogP contribution in [0.1, 0.15) is 6.92 Å². The third kappa shape index (κ3) is 2.70. The highest BCUT2D eigenvalue weighted by atomic mass is 19.4. The van der Waals surface area contributed by atoms with Gasteiger partial charge in [-0.25, -0.2) is 4.79 Å². The van der Waals surface area contributed by atoms with Crippen molar-refractivity contribution in [3.05, 3.63) is 0 Å². The molecule has 0 radical (unpaired) electrons. The number of rotatable bonds is 1. The van der Waals surface area contributed by atoms with Crippen molar-refractivity contribution in [2.75, 3.05) is 14.1 Å². The first-order chi connectivity index (χ1) is 6.83. The van der Waals surface area contributed by atoms with E-state index in [0.717, 1.165) is 19.4 Å². The van der Waals surface area contributed by atoms with Crippen molar-refractivity contribution in [1.82, 2.24) is 10.2 Å². The van der Waals surface area contributed by atoms with Gasteiger partial charge in [-0.05, 0) is 6.92 Å². The lowest BCUT2D eigenvalue weighted by Crippen LogP contribution is -2.66. The summed E-state index contributed by atoms with van der Waals surface area (Å²) < 4.78 is 73.6. The zero-order chi connectivity index (χ0) is 13.4. The van der Waals surface area contributed by atoms with Crippen molar-refractivity contribution >= 4 is 6.03 Å². The second kappa shape index (κ2) is 4.02. The Labute approximate surface area is 87.4 Å². The summed E-state index contributed by atoms with van der Waals surface area (Å²) >= 11 is 0. The number of alkyl halides is 6. The van der Waals surface area contributed by atoms with Gasteiger partial charge in [0, 0.05) is 14.1 Å². The average Bonchev–Trinajstić information content (AvgIpc) is 1.99. The van der Waals surface area contributed by atoms with Gasteiger partial charge in [0.05, 0.1) is 0 Å². The molecule has 0 saturated carbocycles. The molecule has 0 saturated heterocycles. The molecule has 0 fully saturated rings. The molecule has 0 rings (SSSR count). The van der Waals surface area contributed by atoms with Crippen LogP contribution in [0.3, 0.4) is 0 Å². The minimum atomic E-state index is -5.63. The molecule has 0 heterocycles. The van der Waals surface area contributed by atoms with Gasteiger partial charge in [-0.3, -0.25) is 0 Å². The Hall–Kier alpha value is -1.15. The molecule has 96 valence electrons. The summed E-state index contributed by atoms with van der Waals surface area (Å²) in [5.41, 5.74) is -4.26. The maximum absolute atomic E-state index is 12.3. The number of nitrogens with zero attached hydrogens (tertiary/aromatic N) is 1. The van der Waals surface area contributed by atoms with E-state index in [1.54, 1.807) is 0 Å². The van der Waals surface area contributed by atoms with Crippen molar-refractivity contribution < 1.29 is 31.1 Å². The van der Waals surface area contributed by atoms with Gasteiger partial charge < -0.3 is 10.2 Å². The average molecular weight is 252 g/mol. The molecule has 0 bridgehead atoms. The predicted octanol–water partition coefficient (Wildman–Crippen LogP) is 2.14. The van der Waals surface area contributed by atoms with E-state index in [4.69, 9.17) is 0 Å². The molecule has 0 spiro atoms. The second-order valence-electron chi connectivity index (χ2n) is 3.45. The SMILES string of the molecule is CN(C)C(=O)NC(C)(C(F)(F)F)C(F)(F)F. The molecule has 0 aliphatic carbocycles. The van der Waals surface area contributed by atoms with Crippen LogP contribution < -0.4 is 5.32 Å². The first kappa shape index (κ1) is 14.8. The van der Waals surface area contributed by atoms with Gasteiger partial charge in [0.25, 0.3) is 0 Å². The van der Waals surface area contributed by atoms with Gasteiger partial charge in [-0.2, -0.15) is 26.3 Å². The molecule has 3 nitrogen and oxygen atoms in total. The zero-order valence-electron chi connectivity index (χ0n) is 8.62. The zero-order valence-corrected chi connectivity index (χ0v) is 8.62. The summed E-state index contributed by atoms with van der Waals surface area (Å²) in [7, 11) is 2.06. The van der Waals surface area contributed by atoms with Crippen LogP contribution in [-0.2, 0) is 0 Å². The molecule has 1 N–H and O–H groups in total. The monoisotopic (exact) mass is 252 g/mol. The Balaban J connectivity index is 5.22. The van der Waals surface area contributed by atoms with Crippen LogP contribution in [0.15, 0.2) is 0 Å². The van der Waals surface area contributed by atoms with E-state index in [1.807, 2.05) is 0 Å². The predicted molar refractivity (Wildman–Crippen MR) is 42.7 cm³/mol. The molecule has 0 aliphatic heterocycles. The largest absolute Gasteiger partial charge is 0.420 e. The third-order valence-corrected chi connectivity index (χ3v) is 1.90. The van der Waals surface area contributed by atoms with Crippen LogP contribution in [0.25, 0.3) is 0 Å². The fourth-order valence-electron chi connectivity index (χ4n) is 0.628. The Morgan fingerprint density at radius 2 is 1.31 bits per heavy atom. The number of carbonyl (C=O) groups is 1. The number of nitrogens with one attached hydrogen (secondary N) is 1. The first-order valence-electron chi connectivity index (χ1n) is 3.96. The first-order valence-corrected chi connectivity index (χ1v) is 3.96. The van der Waals surface area contributed by atoms with Crippen molar-refractivity contribution in [2.24, 2.45) is 0 Å². The van der Waals surface area contributed by atoms with Gasteiger partial charge in [0.1, 0.15) is 0 Å². The molecule has 0 atom stereocenters. The lowest BCUT2D eigenvalue weighted by Gasteiger charge is -2.35. The van der Waals surface area contributed by atoms with Crippen LogP contribution in [0.5, 0.6) is 0 Å². The summed E-state index contributed by atoms with van der Waals surface area (Å²) in [6.45, 7) is -0.131. The summed E-state index contributed by atoms with van der Waals surface area (Å²) in [5, 5.41) is 0.910. The van der Waals surface area contributed by atoms with E-state index in [2.05, 4.69) is 0 Å². The number of amides is 2. The van der Waals surface area contributed by atoms with Crippen molar-refractivity contribution in [2.45, 2.75) is 24.8 Å². The van der Waals surface area contributed by atoms with Crippen molar-refractivity contribution in [3.63, 3.8) is 0 Å². The number of carbonyl (C=O) groups excluding carboxylic acids is 1. The van der Waals surface area contributed by atoms with Gasteiger partial charge in [0.15, 0.2) is 0 Å². The molecular formula is C7H10F6N2O. The molecule has 2 amide bonds. The van der Waals surface area contributed by atoms with Crippen molar-refractivity contribution in [3.8, 4) is 0 Å². The Bertz CT molecular complexity index is 255. The van der Waals surface area contributed by atoms with Crippen LogP contribution in [0, 0.1) is 0 Å². The molecule has 0 unspecified atom stereocenters. The van der Waals surface area contributed by atoms with Crippen LogP contribution >= 0.6 is 0 Å². The van der Waals surface area contributed by atoms with Crippen molar-refractivity contribution in [1.29, 1.82) is 0 Å². The quantitative estimate of drug-likeness (QED) is 0.712. The van der Waals surface area contributed by atoms with E-state index in [0.29, 0.717) is 4.90 Å². The highest BCUT2D eigenvalue weighted by Crippen LogP contribution is 2.42. The topological polar surface area (TPSA) is 32.3 Å². The molecule has 0 aromatic rings. The number of hydrogen-bond acceptors (Lipinski definition) is 1. The third-order valence-electron chi connectivity index (χ3n) is 1.90. The maximum Gasteiger partial charge on any atom is 0.420 e. The van der Waals surface area contributed by atoms with E-state index >= 15 is 0 Å². The molecular weight excluding hydrogens is 242 g/mol. The van der Waals surface area contributed by atoms with E-state index in [-0.39, 0.29) is 6.92 Å². The molecule has 0 aromatic heterocycles. The van der Waals surface area contributed by atoms with Crippen LogP contribution in [-0.4, -0.2) is 42.9 Å². The maximum atomic E-state index is 12.3. The minimum absolute atomic E-state index is 0.131. The lowest BCUT2D eigenvalue weighted by atomic mass is 10.0. The summed E-state index contributed by atoms with van der Waals surface area (Å²) in [6.07, 6.45) is -11.3. The molecule has 0 aromatic carbocycles. The minimum Gasteiger partial charge on any atom is -0.331 e. The summed E-state index contributed by atoms with van der Waals surface area (Å²) in [4.78, 5) is 11.4. The molecule has 9 heteroatoms. The van der Waals surface area contributed by atoms with E-state index in [1.165, 1.54) is 0 Å². The fraction of sp³-hybridized carbons (Fsp3) is 0.857. The van der Waals surface area contributed by atoms with E-state index in [9.17, 15) is 31.1 Å². The number of urea groups is 1. The van der Waals surface area contributed by atoms with Crippen LogP contribution in [0.4, 0.5) is 31.1 Å². The Morgan fingerprint density at radius 3 is 1.50 bits per heavy atom. The fourth-order valence-corrected chi connectivity index (χ4v) is 0.628. The van der Waals surface area contributed by atoms with Gasteiger partial charge in [0.2, 0.25) is 5.54 Å². The van der Waals surface area contributed by atoms with Crippen LogP contribution in [0.2, 0.25) is 0 Å². The molecule has 16 heavy (non-hydrogen) atoms. The highest BCUT2D eigenvalue weighted by Gasteiger charge is 2.68. The van der Waals surface area contributed by atoms with Gasteiger partial charge in [-0.1, -0.05) is 0 Å². The van der Waals surface area contributed by atoms with Gasteiger partial charge in [-0.15, -0.1) is 0 Å². The highest BCUT2D eigenvalue weighted by molar-refractivity contribution is 5.74. The Morgan fingerprint density at radius 1 is 1.00 bits per heavy atom. The Kier molecular flexibility index (Phi) is 3.73. The van der Waals surface area contributed by atoms with E-state index < -0.39 is 23.9 Å². The normalized spacial score (nSPS) is 13.6. The summed E-state index contributed by atoms with van der Waals surface area (Å²) in [6, 6.07) is -1.47. The number of hydrogen-bond donors (Lipinski definition) is 1. The lowest BCUT2D eigenvalue weighted by molar-refractivity contribution is -0.298. The van der Waals surface area contributed by atoms with Gasteiger partial charge >= 0.3 is 18.4 Å². The smallest absolute Gasteiger partial charge is 0.331 e. The standard InChI is InChI=1S/C7H10F6N2O/c1-5(6(8,9)10,7(11,12)13)14-4(16)15(2)3/h1-3H3,(H,14,16). The summed E-state index contributed by atoms with van der Waals surface area (Å²) in [5.74, 6) is 0. The number of halogens is 6. The molecule has 0 aliphatic rings. The second-order valence-corrected chi connectivity index (χ2v) is 3.45.